The highest BCUT2D eigenvalue weighted by molar-refractivity contribution is 5.67. The predicted molar refractivity (Wildman–Crippen MR) is 111 cm³/mol. The first-order chi connectivity index (χ1) is 12.5. The van der Waals surface area contributed by atoms with Gasteiger partial charge in [-0.3, -0.25) is 0 Å². The molecule has 0 aromatic carbocycles. The Balaban J connectivity index is 2.18. The van der Waals surface area contributed by atoms with Gasteiger partial charge in [0, 0.05) is 6.04 Å². The van der Waals surface area contributed by atoms with Gasteiger partial charge in [-0.15, -0.1) is 0 Å². The van der Waals surface area contributed by atoms with E-state index in [9.17, 15) is 4.79 Å². The van der Waals surface area contributed by atoms with Crippen molar-refractivity contribution in [3.63, 3.8) is 0 Å². The van der Waals surface area contributed by atoms with Gasteiger partial charge in [0.25, 0.3) is 0 Å². The van der Waals surface area contributed by atoms with Gasteiger partial charge >= 0.3 is 6.09 Å². The Morgan fingerprint density at radius 2 is 1.46 bits per heavy atom. The van der Waals surface area contributed by atoms with Crippen molar-refractivity contribution in [2.45, 2.75) is 97.9 Å². The molecule has 0 aromatic heterocycles. The third-order valence-electron chi connectivity index (χ3n) is 4.95. The molecule has 0 atom stereocenters. The molecule has 26 heavy (non-hydrogen) atoms. The van der Waals surface area contributed by atoms with E-state index < -0.39 is 0 Å². The zero-order chi connectivity index (χ0) is 19.2. The number of hydrogen-bond donors (Lipinski definition) is 1. The van der Waals surface area contributed by atoms with Crippen molar-refractivity contribution in [1.29, 1.82) is 0 Å². The van der Waals surface area contributed by atoms with E-state index in [-0.39, 0.29) is 6.09 Å². The first-order valence-electron chi connectivity index (χ1n) is 10.3. The quantitative estimate of drug-likeness (QED) is 0.360. The zero-order valence-corrected chi connectivity index (χ0v) is 17.4. The molecule has 148 valence electrons. The van der Waals surface area contributed by atoms with Crippen LogP contribution in [-0.2, 0) is 4.74 Å². The third-order valence-corrected chi connectivity index (χ3v) is 4.95. The minimum Gasteiger partial charge on any atom is -0.445 e. The number of allylic oxidation sites excluding steroid dienone is 5. The van der Waals surface area contributed by atoms with Crippen LogP contribution in [0, 0.1) is 0 Å². The Labute approximate surface area is 161 Å². The summed E-state index contributed by atoms with van der Waals surface area (Å²) in [5.41, 5.74) is 4.12. The van der Waals surface area contributed by atoms with Gasteiger partial charge in [0.1, 0.15) is 6.61 Å². The van der Waals surface area contributed by atoms with Crippen LogP contribution in [0.3, 0.4) is 0 Å². The number of amides is 1. The molecule has 1 fully saturated rings. The summed E-state index contributed by atoms with van der Waals surface area (Å²) in [6.45, 7) is 8.98. The molecule has 1 N–H and O–H groups in total. The van der Waals surface area contributed by atoms with E-state index in [1.165, 1.54) is 42.4 Å². The molecule has 1 aliphatic carbocycles. The number of rotatable bonds is 9. The average molecular weight is 362 g/mol. The molecule has 1 saturated carbocycles. The van der Waals surface area contributed by atoms with Gasteiger partial charge in [-0.05, 0) is 72.3 Å². The first kappa shape index (κ1) is 22.5. The summed E-state index contributed by atoms with van der Waals surface area (Å²) < 4.78 is 5.31. The summed E-state index contributed by atoms with van der Waals surface area (Å²) in [6, 6.07) is 0.300. The summed E-state index contributed by atoms with van der Waals surface area (Å²) in [4.78, 5) is 11.9. The van der Waals surface area contributed by atoms with E-state index in [1.54, 1.807) is 0 Å². The maximum Gasteiger partial charge on any atom is 0.407 e. The molecular formula is C23H39NO2. The van der Waals surface area contributed by atoms with Crippen LogP contribution in [0.15, 0.2) is 34.9 Å². The van der Waals surface area contributed by atoms with Gasteiger partial charge in [-0.1, -0.05) is 54.6 Å². The van der Waals surface area contributed by atoms with Crippen LogP contribution in [0.4, 0.5) is 4.79 Å². The maximum absolute atomic E-state index is 11.9. The lowest BCUT2D eigenvalue weighted by Gasteiger charge is -2.15. The van der Waals surface area contributed by atoms with Crippen molar-refractivity contribution in [3.05, 3.63) is 34.9 Å². The van der Waals surface area contributed by atoms with Gasteiger partial charge in [-0.2, -0.15) is 0 Å². The molecule has 1 rings (SSSR count). The molecule has 0 saturated heterocycles. The van der Waals surface area contributed by atoms with Gasteiger partial charge < -0.3 is 10.1 Å². The second-order valence-electron chi connectivity index (χ2n) is 7.89. The molecule has 3 heteroatoms. The van der Waals surface area contributed by atoms with Crippen molar-refractivity contribution in [1.82, 2.24) is 5.32 Å². The molecular weight excluding hydrogens is 322 g/mol. The lowest BCUT2D eigenvalue weighted by molar-refractivity contribution is 0.152. The Morgan fingerprint density at radius 3 is 2.08 bits per heavy atom. The van der Waals surface area contributed by atoms with E-state index in [2.05, 4.69) is 45.2 Å². The fraction of sp³-hybridized carbons (Fsp3) is 0.696. The Hall–Kier alpha value is -1.51. The van der Waals surface area contributed by atoms with Crippen molar-refractivity contribution in [3.8, 4) is 0 Å². The number of hydrogen-bond acceptors (Lipinski definition) is 2. The monoisotopic (exact) mass is 361 g/mol. The van der Waals surface area contributed by atoms with E-state index in [4.69, 9.17) is 4.74 Å². The lowest BCUT2D eigenvalue weighted by atomic mass is 10.1. The topological polar surface area (TPSA) is 38.3 Å². The summed E-state index contributed by atoms with van der Waals surface area (Å²) >= 11 is 0. The largest absolute Gasteiger partial charge is 0.445 e. The minimum atomic E-state index is -0.268. The van der Waals surface area contributed by atoms with Crippen LogP contribution in [0.1, 0.15) is 91.9 Å². The number of ether oxygens (including phenoxy) is 1. The normalized spacial score (nSPS) is 16.8. The van der Waals surface area contributed by atoms with Gasteiger partial charge in [0.15, 0.2) is 0 Å². The second kappa shape index (κ2) is 13.7. The number of carbonyl (C=O) groups excluding carboxylic acids is 1. The molecule has 0 aliphatic heterocycles. The molecule has 1 aliphatic rings. The van der Waals surface area contributed by atoms with E-state index in [0.29, 0.717) is 12.6 Å². The van der Waals surface area contributed by atoms with Crippen LogP contribution in [0.5, 0.6) is 0 Å². The summed E-state index contributed by atoms with van der Waals surface area (Å²) in [5, 5.41) is 3.01. The molecule has 0 radical (unpaired) electrons. The number of alkyl carbamates (subject to hydrolysis) is 1. The summed E-state index contributed by atoms with van der Waals surface area (Å²) in [6.07, 6.45) is 17.9. The second-order valence-corrected chi connectivity index (χ2v) is 7.89. The van der Waals surface area contributed by atoms with Crippen molar-refractivity contribution < 1.29 is 9.53 Å². The number of carbonyl (C=O) groups is 1. The third kappa shape index (κ3) is 11.9. The lowest BCUT2D eigenvalue weighted by Crippen LogP contribution is -2.34. The smallest absolute Gasteiger partial charge is 0.407 e. The summed E-state index contributed by atoms with van der Waals surface area (Å²) in [5.74, 6) is 0. The van der Waals surface area contributed by atoms with Crippen LogP contribution >= 0.6 is 0 Å². The van der Waals surface area contributed by atoms with Gasteiger partial charge in [-0.25, -0.2) is 4.79 Å². The SMILES string of the molecule is CC(C)=CCCC(C)=CCCC(C)=CCOC(=O)NC1CCCCCC1. The molecule has 0 unspecified atom stereocenters. The molecule has 0 aromatic rings. The highest BCUT2D eigenvalue weighted by atomic mass is 16.5. The van der Waals surface area contributed by atoms with Crippen LogP contribution < -0.4 is 5.32 Å². The van der Waals surface area contributed by atoms with Crippen LogP contribution in [0.2, 0.25) is 0 Å². The molecule has 3 nitrogen and oxygen atoms in total. The van der Waals surface area contributed by atoms with Crippen LogP contribution in [-0.4, -0.2) is 18.7 Å². The fourth-order valence-corrected chi connectivity index (χ4v) is 3.23. The zero-order valence-electron chi connectivity index (χ0n) is 17.4. The molecule has 0 bridgehead atoms. The minimum absolute atomic E-state index is 0.268. The van der Waals surface area contributed by atoms with Crippen molar-refractivity contribution in [2.24, 2.45) is 0 Å². The maximum atomic E-state index is 11.9. The van der Waals surface area contributed by atoms with E-state index in [0.717, 1.165) is 38.5 Å². The van der Waals surface area contributed by atoms with Gasteiger partial charge in [0.05, 0.1) is 0 Å². The Bertz CT molecular complexity index is 490. The van der Waals surface area contributed by atoms with Crippen molar-refractivity contribution >= 4 is 6.09 Å². The Morgan fingerprint density at radius 1 is 0.885 bits per heavy atom. The fourth-order valence-electron chi connectivity index (χ4n) is 3.23. The predicted octanol–water partition coefficient (Wildman–Crippen LogP) is 6.85. The average Bonchev–Trinajstić information content (AvgIpc) is 2.83. The first-order valence-corrected chi connectivity index (χ1v) is 10.3. The number of nitrogens with one attached hydrogen (secondary N) is 1. The molecule has 0 heterocycles. The molecule has 0 spiro atoms. The molecule has 1 amide bonds. The Kier molecular flexibility index (Phi) is 11.8. The highest BCUT2D eigenvalue weighted by Gasteiger charge is 2.14. The van der Waals surface area contributed by atoms with Gasteiger partial charge in [0.2, 0.25) is 0 Å². The summed E-state index contributed by atoms with van der Waals surface area (Å²) in [7, 11) is 0. The highest BCUT2D eigenvalue weighted by Crippen LogP contribution is 2.17. The van der Waals surface area contributed by atoms with Crippen molar-refractivity contribution in [2.75, 3.05) is 6.61 Å². The van der Waals surface area contributed by atoms with E-state index >= 15 is 0 Å². The standard InChI is InChI=1S/C23H39NO2/c1-19(2)11-9-12-20(3)13-10-14-21(4)17-18-26-23(25)24-22-15-7-5-6-8-16-22/h11,13,17,22H,5-10,12,14-16,18H2,1-4H3,(H,24,25). The van der Waals surface area contributed by atoms with Crippen LogP contribution in [0.25, 0.3) is 0 Å². The van der Waals surface area contributed by atoms with E-state index in [1.807, 2.05) is 6.08 Å².